The van der Waals surface area contributed by atoms with E-state index < -0.39 is 0 Å². The molecule has 4 heteroatoms. The predicted molar refractivity (Wildman–Crippen MR) is 87.6 cm³/mol. The average Bonchev–Trinajstić information content (AvgIpc) is 2.59. The van der Waals surface area contributed by atoms with Gasteiger partial charge in [-0.1, -0.05) is 18.2 Å². The third-order valence-electron chi connectivity index (χ3n) is 4.33. The molecular weight excluding hydrogens is 288 g/mol. The number of phenols is 1. The van der Waals surface area contributed by atoms with Crippen LogP contribution in [0.4, 0.5) is 0 Å². The second kappa shape index (κ2) is 4.14. The summed E-state index contributed by atoms with van der Waals surface area (Å²) >= 11 is 0. The molecule has 0 amide bonds. The Labute approximate surface area is 131 Å². The summed E-state index contributed by atoms with van der Waals surface area (Å²) in [6, 6.07) is 14.6. The van der Waals surface area contributed by atoms with Crippen LogP contribution in [-0.4, -0.2) is 20.9 Å². The number of phenolic OH excluding ortho intramolecular Hbond substituents is 1. The average molecular weight is 298 g/mol. The van der Waals surface area contributed by atoms with Gasteiger partial charge in [-0.2, -0.15) is 0 Å². The Morgan fingerprint density at radius 2 is 1.74 bits per heavy atom. The van der Waals surface area contributed by atoms with E-state index in [1.165, 1.54) is 6.07 Å². The monoisotopic (exact) mass is 298 g/mol. The molecule has 1 aliphatic rings. The maximum absolute atomic E-state index is 12.8. The molecule has 0 saturated carbocycles. The number of carbonyl (C=O) groups excluding carboxylic acids is 1. The number of aromatic hydroxyl groups is 1. The molecule has 4 aromatic rings. The number of benzene rings is 2. The van der Waals surface area contributed by atoms with E-state index >= 15 is 0 Å². The number of rotatable bonds is 0. The number of pyridine rings is 2. The fraction of sp³-hybridized carbons (Fsp3) is 0. The van der Waals surface area contributed by atoms with Crippen molar-refractivity contribution in [2.75, 3.05) is 0 Å². The van der Waals surface area contributed by atoms with Gasteiger partial charge in [-0.3, -0.25) is 9.78 Å². The second-order valence-electron chi connectivity index (χ2n) is 5.62. The van der Waals surface area contributed by atoms with Gasteiger partial charge >= 0.3 is 0 Å². The van der Waals surface area contributed by atoms with Gasteiger partial charge in [0.1, 0.15) is 11.4 Å². The van der Waals surface area contributed by atoms with Crippen molar-refractivity contribution in [1.82, 2.24) is 9.97 Å². The van der Waals surface area contributed by atoms with Crippen molar-refractivity contribution in [3.05, 3.63) is 66.0 Å². The van der Waals surface area contributed by atoms with Crippen LogP contribution in [0.15, 0.2) is 54.7 Å². The zero-order chi connectivity index (χ0) is 15.6. The van der Waals surface area contributed by atoms with Crippen molar-refractivity contribution in [2.24, 2.45) is 0 Å². The van der Waals surface area contributed by atoms with Gasteiger partial charge in [0.15, 0.2) is 0 Å². The van der Waals surface area contributed by atoms with Gasteiger partial charge in [-0.15, -0.1) is 0 Å². The van der Waals surface area contributed by atoms with Crippen molar-refractivity contribution in [3.8, 4) is 17.0 Å². The second-order valence-corrected chi connectivity index (χ2v) is 5.62. The molecule has 0 spiro atoms. The summed E-state index contributed by atoms with van der Waals surface area (Å²) in [7, 11) is 0. The molecule has 108 valence electrons. The van der Waals surface area contributed by atoms with E-state index in [2.05, 4.69) is 4.98 Å². The Morgan fingerprint density at radius 1 is 0.870 bits per heavy atom. The fourth-order valence-electron chi connectivity index (χ4n) is 3.32. The molecule has 1 N–H and O–H groups in total. The molecule has 0 unspecified atom stereocenters. The molecule has 2 heterocycles. The van der Waals surface area contributed by atoms with Crippen molar-refractivity contribution in [2.45, 2.75) is 0 Å². The molecule has 0 bridgehead atoms. The summed E-state index contributed by atoms with van der Waals surface area (Å²) in [5, 5.41) is 12.5. The van der Waals surface area contributed by atoms with Crippen molar-refractivity contribution in [1.29, 1.82) is 0 Å². The Hall–Kier alpha value is -3.27. The molecule has 1 aliphatic carbocycles. The number of para-hydroxylation sites is 1. The predicted octanol–water partition coefficient (Wildman–Crippen LogP) is 3.70. The van der Waals surface area contributed by atoms with Crippen LogP contribution >= 0.6 is 0 Å². The van der Waals surface area contributed by atoms with E-state index in [1.807, 2.05) is 30.3 Å². The Morgan fingerprint density at radius 3 is 2.65 bits per heavy atom. The highest BCUT2D eigenvalue weighted by molar-refractivity contribution is 6.27. The lowest BCUT2D eigenvalue weighted by atomic mass is 9.87. The van der Waals surface area contributed by atoms with Crippen LogP contribution in [0.2, 0.25) is 0 Å². The zero-order valence-electron chi connectivity index (χ0n) is 11.9. The summed E-state index contributed by atoms with van der Waals surface area (Å²) in [4.78, 5) is 21.8. The van der Waals surface area contributed by atoms with Gasteiger partial charge in [0, 0.05) is 28.1 Å². The SMILES string of the molecule is O=C1c2cc(O)ccc2-c2nc3ccccc3c3ccnc1c23. The number of carbonyl (C=O) groups is 1. The summed E-state index contributed by atoms with van der Waals surface area (Å²) in [6.45, 7) is 0. The van der Waals surface area contributed by atoms with Crippen molar-refractivity contribution >= 4 is 27.5 Å². The largest absolute Gasteiger partial charge is 0.508 e. The number of ketones is 1. The van der Waals surface area contributed by atoms with E-state index in [4.69, 9.17) is 4.98 Å². The molecule has 2 aromatic carbocycles. The highest BCUT2D eigenvalue weighted by Crippen LogP contribution is 2.40. The first kappa shape index (κ1) is 12.3. The lowest BCUT2D eigenvalue weighted by molar-refractivity contribution is 0.103. The topological polar surface area (TPSA) is 63.1 Å². The molecular formula is C19H10N2O2. The maximum Gasteiger partial charge on any atom is 0.212 e. The summed E-state index contributed by atoms with van der Waals surface area (Å²) in [5.41, 5.74) is 3.20. The van der Waals surface area contributed by atoms with Crippen LogP contribution in [0.25, 0.3) is 32.9 Å². The Balaban J connectivity index is 2.07. The minimum absolute atomic E-state index is 0.0634. The zero-order valence-corrected chi connectivity index (χ0v) is 11.9. The van der Waals surface area contributed by atoms with Crippen molar-refractivity contribution < 1.29 is 9.90 Å². The lowest BCUT2D eigenvalue weighted by Crippen LogP contribution is -2.13. The van der Waals surface area contributed by atoms with E-state index in [1.54, 1.807) is 18.3 Å². The molecule has 23 heavy (non-hydrogen) atoms. The van der Waals surface area contributed by atoms with Crippen LogP contribution < -0.4 is 0 Å². The van der Waals surface area contributed by atoms with E-state index in [0.717, 1.165) is 32.9 Å². The third-order valence-corrected chi connectivity index (χ3v) is 4.33. The molecule has 0 aliphatic heterocycles. The number of fused-ring (bicyclic) bond motifs is 4. The van der Waals surface area contributed by atoms with E-state index in [9.17, 15) is 9.90 Å². The minimum Gasteiger partial charge on any atom is -0.508 e. The Bertz CT molecular complexity index is 1150. The first-order valence-electron chi connectivity index (χ1n) is 7.29. The van der Waals surface area contributed by atoms with Crippen molar-refractivity contribution in [3.63, 3.8) is 0 Å². The molecule has 0 fully saturated rings. The molecule has 0 radical (unpaired) electrons. The maximum atomic E-state index is 12.8. The van der Waals surface area contributed by atoms with E-state index in [-0.39, 0.29) is 11.5 Å². The summed E-state index contributed by atoms with van der Waals surface area (Å²) < 4.78 is 0. The first-order chi connectivity index (χ1) is 11.2. The van der Waals surface area contributed by atoms with Crippen LogP contribution in [0.1, 0.15) is 16.1 Å². The van der Waals surface area contributed by atoms with Crippen LogP contribution in [0.3, 0.4) is 0 Å². The van der Waals surface area contributed by atoms with Gasteiger partial charge in [0.25, 0.3) is 0 Å². The van der Waals surface area contributed by atoms with Gasteiger partial charge in [-0.05, 0) is 35.7 Å². The molecule has 0 saturated heterocycles. The van der Waals surface area contributed by atoms with Crippen LogP contribution in [-0.2, 0) is 0 Å². The quantitative estimate of drug-likeness (QED) is 0.443. The first-order valence-corrected chi connectivity index (χ1v) is 7.29. The standard InChI is InChI=1S/C19H10N2O2/c22-10-5-6-13-14(9-10)19(23)18-16-12(7-8-20-18)11-3-1-2-4-15(11)21-17(13)16/h1-9,22H. The number of nitrogens with zero attached hydrogens (tertiary/aromatic N) is 2. The highest BCUT2D eigenvalue weighted by Gasteiger charge is 2.28. The van der Waals surface area contributed by atoms with Gasteiger partial charge in [0.2, 0.25) is 5.78 Å². The lowest BCUT2D eigenvalue weighted by Gasteiger charge is -2.19. The Kier molecular flexibility index (Phi) is 2.21. The molecule has 4 nitrogen and oxygen atoms in total. The van der Waals surface area contributed by atoms with Gasteiger partial charge < -0.3 is 5.11 Å². The number of aromatic nitrogens is 2. The third kappa shape index (κ3) is 1.52. The molecule has 5 rings (SSSR count). The minimum atomic E-state index is -0.175. The summed E-state index contributed by atoms with van der Waals surface area (Å²) in [6.07, 6.45) is 1.65. The summed E-state index contributed by atoms with van der Waals surface area (Å²) in [5.74, 6) is -0.111. The fourth-order valence-corrected chi connectivity index (χ4v) is 3.32. The van der Waals surface area contributed by atoms with E-state index in [0.29, 0.717) is 11.3 Å². The van der Waals surface area contributed by atoms with Gasteiger partial charge in [-0.25, -0.2) is 4.98 Å². The highest BCUT2D eigenvalue weighted by atomic mass is 16.3. The smallest absolute Gasteiger partial charge is 0.212 e. The number of hydrogen-bond acceptors (Lipinski definition) is 4. The normalized spacial score (nSPS) is 12.6. The van der Waals surface area contributed by atoms with Gasteiger partial charge in [0.05, 0.1) is 11.2 Å². The van der Waals surface area contributed by atoms with Crippen LogP contribution in [0, 0.1) is 0 Å². The molecule has 2 aromatic heterocycles. The number of hydrogen-bond donors (Lipinski definition) is 1. The molecule has 0 atom stereocenters. The van der Waals surface area contributed by atoms with Crippen LogP contribution in [0.5, 0.6) is 5.75 Å².